The van der Waals surface area contributed by atoms with E-state index in [2.05, 4.69) is 5.32 Å². The number of ketones is 1. The summed E-state index contributed by atoms with van der Waals surface area (Å²) in [5.74, 6) is -1.61. The van der Waals surface area contributed by atoms with Crippen LogP contribution in [0.2, 0.25) is 0 Å². The van der Waals surface area contributed by atoms with Crippen molar-refractivity contribution in [3.63, 3.8) is 0 Å². The average Bonchev–Trinajstić information content (AvgIpc) is 3.10. The first-order valence-corrected chi connectivity index (χ1v) is 13.1. The first-order valence-electron chi connectivity index (χ1n) is 13.1. The molecule has 6 nitrogen and oxygen atoms in total. The van der Waals surface area contributed by atoms with Crippen molar-refractivity contribution in [2.75, 3.05) is 23.9 Å². The molecule has 0 saturated carbocycles. The van der Waals surface area contributed by atoms with Crippen molar-refractivity contribution in [1.82, 2.24) is 0 Å². The lowest BCUT2D eigenvalue weighted by atomic mass is 9.78. The van der Waals surface area contributed by atoms with Crippen LogP contribution in [0.15, 0.2) is 84.1 Å². The van der Waals surface area contributed by atoms with E-state index in [1.165, 1.54) is 6.07 Å². The molecule has 3 aromatic rings. The van der Waals surface area contributed by atoms with Gasteiger partial charge in [-0.25, -0.2) is 0 Å². The van der Waals surface area contributed by atoms with E-state index in [0.717, 1.165) is 5.56 Å². The third-order valence-corrected chi connectivity index (χ3v) is 7.21. The zero-order valence-electron chi connectivity index (χ0n) is 22.1. The van der Waals surface area contributed by atoms with Crippen LogP contribution in [0.1, 0.15) is 49.3 Å². The first-order chi connectivity index (χ1) is 19.2. The maximum absolute atomic E-state index is 14.2. The number of para-hydroxylation sites is 3. The Balaban J connectivity index is 1.72. The van der Waals surface area contributed by atoms with Crippen molar-refractivity contribution in [3.05, 3.63) is 95.2 Å². The number of Topliss-reactive ketones (excluding diaryl/α,β-unsaturated/α-hetero) is 1. The third kappa shape index (κ3) is 5.15. The van der Waals surface area contributed by atoms with E-state index in [1.807, 2.05) is 31.2 Å². The summed E-state index contributed by atoms with van der Waals surface area (Å²) in [6.07, 6.45) is -4.07. The number of alkyl halides is 3. The van der Waals surface area contributed by atoms with E-state index in [1.54, 1.807) is 49.6 Å². The number of nitrogens with one attached hydrogen (secondary N) is 1. The van der Waals surface area contributed by atoms with E-state index in [9.17, 15) is 22.8 Å². The summed E-state index contributed by atoms with van der Waals surface area (Å²) in [6.45, 7) is 2.24. The number of fused-ring (bicyclic) bond motifs is 1. The number of nitrogens with zero attached hydrogens (tertiary/aromatic N) is 1. The first kappa shape index (κ1) is 27.3. The summed E-state index contributed by atoms with van der Waals surface area (Å²) in [6, 6.07) is 19.0. The highest BCUT2D eigenvalue weighted by Gasteiger charge is 2.50. The molecule has 1 heterocycles. The molecule has 0 aromatic heterocycles. The average molecular weight is 551 g/mol. The number of anilines is 2. The lowest BCUT2D eigenvalue weighted by Gasteiger charge is -2.36. The number of hydrogen-bond acceptors (Lipinski definition) is 5. The van der Waals surface area contributed by atoms with Gasteiger partial charge < -0.3 is 14.8 Å². The van der Waals surface area contributed by atoms with Gasteiger partial charge in [0.05, 0.1) is 31.1 Å². The molecule has 5 rings (SSSR count). The van der Waals surface area contributed by atoms with Gasteiger partial charge in [0.15, 0.2) is 5.78 Å². The Bertz CT molecular complexity index is 1450. The topological polar surface area (TPSA) is 67.9 Å². The van der Waals surface area contributed by atoms with Gasteiger partial charge in [-0.1, -0.05) is 49.4 Å². The number of hydrogen-bond donors (Lipinski definition) is 1. The second-order valence-electron chi connectivity index (χ2n) is 9.80. The lowest BCUT2D eigenvalue weighted by molar-refractivity contribution is -0.170. The number of allylic oxidation sites excluding steroid dienone is 1. The summed E-state index contributed by atoms with van der Waals surface area (Å²) in [5, 5.41) is 3.24. The van der Waals surface area contributed by atoms with E-state index in [4.69, 9.17) is 9.47 Å². The van der Waals surface area contributed by atoms with Crippen LogP contribution in [0.3, 0.4) is 0 Å². The third-order valence-electron chi connectivity index (χ3n) is 7.21. The Morgan fingerprint density at radius 1 is 1.00 bits per heavy atom. The van der Waals surface area contributed by atoms with E-state index in [0.29, 0.717) is 52.8 Å². The van der Waals surface area contributed by atoms with Crippen LogP contribution in [0.5, 0.6) is 11.5 Å². The molecule has 1 N–H and O–H groups in total. The summed E-state index contributed by atoms with van der Waals surface area (Å²) >= 11 is 0. The largest absolute Gasteiger partial charge is 0.497 e. The van der Waals surface area contributed by atoms with Gasteiger partial charge in [0, 0.05) is 23.3 Å². The van der Waals surface area contributed by atoms with Gasteiger partial charge in [-0.15, -0.1) is 0 Å². The van der Waals surface area contributed by atoms with Gasteiger partial charge in [0.1, 0.15) is 11.5 Å². The van der Waals surface area contributed by atoms with Crippen LogP contribution in [-0.2, 0) is 9.59 Å². The smallest absolute Gasteiger partial charge is 0.471 e. The van der Waals surface area contributed by atoms with E-state index < -0.39 is 18.1 Å². The number of amides is 1. The summed E-state index contributed by atoms with van der Waals surface area (Å²) in [7, 11) is 1.57. The molecule has 1 amide bonds. The minimum Gasteiger partial charge on any atom is -0.497 e. The lowest BCUT2D eigenvalue weighted by Crippen LogP contribution is -2.45. The van der Waals surface area contributed by atoms with Crippen LogP contribution in [0.4, 0.5) is 24.5 Å². The summed E-state index contributed by atoms with van der Waals surface area (Å²) in [5.41, 5.74) is 2.18. The fourth-order valence-corrected chi connectivity index (χ4v) is 5.41. The number of halogens is 3. The number of carbonyl (C=O) groups is 2. The summed E-state index contributed by atoms with van der Waals surface area (Å²) < 4.78 is 53.7. The molecule has 0 saturated heterocycles. The van der Waals surface area contributed by atoms with Gasteiger partial charge >= 0.3 is 12.1 Å². The van der Waals surface area contributed by atoms with Crippen molar-refractivity contribution < 1.29 is 32.2 Å². The minimum absolute atomic E-state index is 0.0308. The molecule has 3 aromatic carbocycles. The fourth-order valence-electron chi connectivity index (χ4n) is 5.41. The van der Waals surface area contributed by atoms with Crippen LogP contribution in [-0.4, -0.2) is 31.6 Å². The summed E-state index contributed by atoms with van der Waals surface area (Å²) in [4.78, 5) is 27.8. The highest BCUT2D eigenvalue weighted by atomic mass is 19.4. The molecule has 0 bridgehead atoms. The number of rotatable bonds is 6. The van der Waals surface area contributed by atoms with Gasteiger partial charge in [0.2, 0.25) is 0 Å². The predicted molar refractivity (Wildman–Crippen MR) is 146 cm³/mol. The van der Waals surface area contributed by atoms with E-state index >= 15 is 0 Å². The Labute approximate surface area is 230 Å². The maximum Gasteiger partial charge on any atom is 0.471 e. The van der Waals surface area contributed by atoms with Gasteiger partial charge in [-0.2, -0.15) is 13.2 Å². The van der Waals surface area contributed by atoms with Crippen LogP contribution in [0.25, 0.3) is 0 Å². The fraction of sp³-hybridized carbons (Fsp3) is 0.290. The molecule has 208 valence electrons. The van der Waals surface area contributed by atoms with Crippen LogP contribution in [0, 0.1) is 0 Å². The molecule has 2 atom stereocenters. The number of benzene rings is 3. The van der Waals surface area contributed by atoms with Crippen molar-refractivity contribution in [2.45, 2.75) is 44.3 Å². The number of methoxy groups -OCH3 is 1. The molecule has 0 unspecified atom stereocenters. The number of carbonyl (C=O) groups excluding carboxylic acids is 2. The quantitative estimate of drug-likeness (QED) is 0.360. The van der Waals surface area contributed by atoms with Gasteiger partial charge in [-0.3, -0.25) is 14.5 Å². The van der Waals surface area contributed by atoms with Crippen LogP contribution < -0.4 is 19.7 Å². The van der Waals surface area contributed by atoms with Crippen molar-refractivity contribution in [2.24, 2.45) is 0 Å². The molecule has 9 heteroatoms. The Kier molecular flexibility index (Phi) is 7.56. The monoisotopic (exact) mass is 550 g/mol. The molecule has 0 spiro atoms. The SMILES string of the molecule is CCCOc1ccccc1[C@@H]1C2=C(C[C@H](c3ccc(OC)cc3)CC2=O)Nc2ccccc2N1C(=O)C(F)(F)F. The molecule has 1 aliphatic carbocycles. The Morgan fingerprint density at radius 3 is 2.40 bits per heavy atom. The molecule has 2 aliphatic rings. The minimum atomic E-state index is -5.18. The predicted octanol–water partition coefficient (Wildman–Crippen LogP) is 6.95. The second kappa shape index (κ2) is 11.1. The molecule has 0 radical (unpaired) electrons. The molecule has 40 heavy (non-hydrogen) atoms. The standard InChI is InChI=1S/C31H29F3N2O4/c1-3-16-40-27-11-7-4-8-22(27)29-28-24(17-20(18-26(28)37)19-12-14-21(39-2)15-13-19)35-23-9-5-6-10-25(23)36(29)30(38)31(32,33)34/h4-15,20,29,35H,3,16-18H2,1-2H3/t20-,29+/m0/s1. The highest BCUT2D eigenvalue weighted by molar-refractivity contribution is 6.08. The molecule has 0 fully saturated rings. The zero-order chi connectivity index (χ0) is 28.4. The second-order valence-corrected chi connectivity index (χ2v) is 9.80. The Hall–Kier alpha value is -4.27. The highest BCUT2D eigenvalue weighted by Crippen LogP contribution is 2.50. The molecule has 1 aliphatic heterocycles. The maximum atomic E-state index is 14.2. The zero-order valence-corrected chi connectivity index (χ0v) is 22.1. The van der Waals surface area contributed by atoms with Crippen LogP contribution >= 0.6 is 0 Å². The van der Waals surface area contributed by atoms with Crippen molar-refractivity contribution in [3.8, 4) is 11.5 Å². The molecular weight excluding hydrogens is 521 g/mol. The van der Waals surface area contributed by atoms with E-state index in [-0.39, 0.29) is 29.4 Å². The van der Waals surface area contributed by atoms with Crippen molar-refractivity contribution in [1.29, 1.82) is 0 Å². The van der Waals surface area contributed by atoms with Crippen molar-refractivity contribution >= 4 is 23.1 Å². The van der Waals surface area contributed by atoms with Gasteiger partial charge in [0.25, 0.3) is 0 Å². The normalized spacial score (nSPS) is 18.8. The number of ether oxygens (including phenoxy) is 2. The van der Waals surface area contributed by atoms with Gasteiger partial charge in [-0.05, 0) is 54.7 Å². The Morgan fingerprint density at radius 2 is 1.70 bits per heavy atom. The molecular formula is C31H29F3N2O4.